The van der Waals surface area contributed by atoms with Crippen LogP contribution >= 0.6 is 11.6 Å². The maximum atomic E-state index is 13.4. The van der Waals surface area contributed by atoms with Crippen LogP contribution in [-0.4, -0.2) is 17.0 Å². The van der Waals surface area contributed by atoms with Crippen molar-refractivity contribution in [2.24, 2.45) is 0 Å². The van der Waals surface area contributed by atoms with Crippen LogP contribution in [0.2, 0.25) is 0 Å². The van der Waals surface area contributed by atoms with Gasteiger partial charge < -0.3 is 5.11 Å². The summed E-state index contributed by atoms with van der Waals surface area (Å²) in [5.74, 6) is -3.14. The van der Waals surface area contributed by atoms with Crippen molar-refractivity contribution in [2.75, 3.05) is 5.88 Å². The number of aliphatic carboxylic acids is 1. The smallest absolute Gasteiger partial charge is 0.311 e. The Morgan fingerprint density at radius 2 is 2.06 bits per heavy atom. The molecule has 0 saturated heterocycles. The normalized spacial score (nSPS) is 12.4. The molecule has 1 unspecified atom stereocenters. The third-order valence-electron chi connectivity index (χ3n) is 2.51. The summed E-state index contributed by atoms with van der Waals surface area (Å²) in [7, 11) is 0. The molecule has 0 aliphatic rings. The van der Waals surface area contributed by atoms with Gasteiger partial charge in [-0.2, -0.15) is 0 Å². The molecular weight excluding hydrogens is 250 g/mol. The second-order valence-corrected chi connectivity index (χ2v) is 4.12. The van der Waals surface area contributed by atoms with Crippen molar-refractivity contribution in [1.29, 1.82) is 0 Å². The molecular formula is C12H13ClF2O2. The molecule has 17 heavy (non-hydrogen) atoms. The van der Waals surface area contributed by atoms with Crippen molar-refractivity contribution in [3.8, 4) is 0 Å². The fourth-order valence-electron chi connectivity index (χ4n) is 1.64. The highest BCUT2D eigenvalue weighted by molar-refractivity contribution is 6.17. The van der Waals surface area contributed by atoms with E-state index in [4.69, 9.17) is 16.7 Å². The summed E-state index contributed by atoms with van der Waals surface area (Å²) in [6.45, 7) is 0. The number of halogens is 3. The minimum absolute atomic E-state index is 0.0217. The van der Waals surface area contributed by atoms with E-state index in [1.54, 1.807) is 0 Å². The Bertz CT molecular complexity index is 396. The van der Waals surface area contributed by atoms with Gasteiger partial charge in [-0.15, -0.1) is 11.6 Å². The molecule has 1 aromatic rings. The van der Waals surface area contributed by atoms with Crippen molar-refractivity contribution in [2.45, 2.75) is 25.2 Å². The summed E-state index contributed by atoms with van der Waals surface area (Å²) in [4.78, 5) is 11.0. The third-order valence-corrected chi connectivity index (χ3v) is 2.78. The molecule has 0 spiro atoms. The molecule has 0 aliphatic carbocycles. The molecule has 5 heteroatoms. The minimum Gasteiger partial charge on any atom is -0.481 e. The highest BCUT2D eigenvalue weighted by Gasteiger charge is 2.22. The third kappa shape index (κ3) is 3.97. The number of alkyl halides is 1. The van der Waals surface area contributed by atoms with E-state index in [1.807, 2.05) is 0 Å². The summed E-state index contributed by atoms with van der Waals surface area (Å²) in [6, 6.07) is 2.95. The van der Waals surface area contributed by atoms with Crippen LogP contribution in [0.1, 0.15) is 30.7 Å². The Morgan fingerprint density at radius 1 is 1.35 bits per heavy atom. The summed E-state index contributed by atoms with van der Waals surface area (Å²) in [5.41, 5.74) is 0.0217. The highest BCUT2D eigenvalue weighted by atomic mass is 35.5. The van der Waals surface area contributed by atoms with E-state index in [2.05, 4.69) is 0 Å². The molecule has 1 rings (SSSR count). The molecule has 0 bridgehead atoms. The molecule has 1 N–H and O–H groups in total. The van der Waals surface area contributed by atoms with Crippen LogP contribution in [0.4, 0.5) is 8.78 Å². The summed E-state index contributed by atoms with van der Waals surface area (Å²) < 4.78 is 26.2. The van der Waals surface area contributed by atoms with E-state index in [0.29, 0.717) is 31.2 Å². The number of unbranched alkanes of at least 4 members (excludes halogenated alkanes) is 1. The average molecular weight is 263 g/mol. The average Bonchev–Trinajstić information content (AvgIpc) is 2.25. The van der Waals surface area contributed by atoms with Gasteiger partial charge in [0.25, 0.3) is 0 Å². The van der Waals surface area contributed by atoms with Gasteiger partial charge in [-0.1, -0.05) is 12.5 Å². The van der Waals surface area contributed by atoms with Crippen molar-refractivity contribution in [3.05, 3.63) is 35.4 Å². The van der Waals surface area contributed by atoms with Gasteiger partial charge in [-0.05, 0) is 18.9 Å². The minimum atomic E-state index is -1.11. The fourth-order valence-corrected chi connectivity index (χ4v) is 1.83. The Morgan fingerprint density at radius 3 is 2.59 bits per heavy atom. The lowest BCUT2D eigenvalue weighted by molar-refractivity contribution is -0.139. The standard InChI is InChI=1S/C12H13ClF2O2/c13-6-2-1-3-10(12(16)17)9-5-4-8(14)7-11(9)15/h4-5,7,10H,1-3,6H2,(H,16,17). The van der Waals surface area contributed by atoms with E-state index < -0.39 is 23.5 Å². The summed E-state index contributed by atoms with van der Waals surface area (Å²) >= 11 is 5.49. The first-order valence-electron chi connectivity index (χ1n) is 5.30. The van der Waals surface area contributed by atoms with Crippen LogP contribution in [-0.2, 0) is 4.79 Å². The lowest BCUT2D eigenvalue weighted by Crippen LogP contribution is -2.13. The van der Waals surface area contributed by atoms with Gasteiger partial charge in [0.2, 0.25) is 0 Å². The SMILES string of the molecule is O=C(O)C(CCCCCl)c1ccc(F)cc1F. The van der Waals surface area contributed by atoms with Crippen LogP contribution in [0, 0.1) is 11.6 Å². The quantitative estimate of drug-likeness (QED) is 0.629. The van der Waals surface area contributed by atoms with Crippen LogP contribution in [0.5, 0.6) is 0 Å². The molecule has 0 heterocycles. The monoisotopic (exact) mass is 262 g/mol. The largest absolute Gasteiger partial charge is 0.481 e. The molecule has 0 fully saturated rings. The van der Waals surface area contributed by atoms with Crippen LogP contribution < -0.4 is 0 Å². The van der Waals surface area contributed by atoms with Gasteiger partial charge in [0.1, 0.15) is 11.6 Å². The number of benzene rings is 1. The predicted molar refractivity (Wildman–Crippen MR) is 61.3 cm³/mol. The van der Waals surface area contributed by atoms with E-state index in [1.165, 1.54) is 6.07 Å². The second kappa shape index (κ2) is 6.55. The lowest BCUT2D eigenvalue weighted by atomic mass is 9.93. The number of carboxylic acid groups (broad SMARTS) is 1. The van der Waals surface area contributed by atoms with Crippen molar-refractivity contribution in [3.63, 3.8) is 0 Å². The van der Waals surface area contributed by atoms with Crippen LogP contribution in [0.25, 0.3) is 0 Å². The second-order valence-electron chi connectivity index (χ2n) is 3.74. The molecule has 94 valence electrons. The highest BCUT2D eigenvalue weighted by Crippen LogP contribution is 2.25. The fraction of sp³-hybridized carbons (Fsp3) is 0.417. The lowest BCUT2D eigenvalue weighted by Gasteiger charge is -2.13. The van der Waals surface area contributed by atoms with Gasteiger partial charge in [0, 0.05) is 17.5 Å². The maximum Gasteiger partial charge on any atom is 0.311 e. The first kappa shape index (κ1) is 13.9. The molecule has 0 radical (unpaired) electrons. The Labute approximate surface area is 103 Å². The Balaban J connectivity index is 2.86. The van der Waals surface area contributed by atoms with Gasteiger partial charge in [0.05, 0.1) is 5.92 Å². The van der Waals surface area contributed by atoms with E-state index >= 15 is 0 Å². The van der Waals surface area contributed by atoms with Crippen LogP contribution in [0.15, 0.2) is 18.2 Å². The molecule has 0 aliphatic heterocycles. The van der Waals surface area contributed by atoms with Crippen molar-refractivity contribution >= 4 is 17.6 Å². The molecule has 0 amide bonds. The summed E-state index contributed by atoms with van der Waals surface area (Å²) in [6.07, 6.45) is 1.57. The zero-order valence-electron chi connectivity index (χ0n) is 9.13. The zero-order valence-corrected chi connectivity index (χ0v) is 9.88. The van der Waals surface area contributed by atoms with Gasteiger partial charge >= 0.3 is 5.97 Å². The van der Waals surface area contributed by atoms with Gasteiger partial charge in [-0.3, -0.25) is 4.79 Å². The molecule has 1 aromatic carbocycles. The van der Waals surface area contributed by atoms with Gasteiger partial charge in [-0.25, -0.2) is 8.78 Å². The number of hydrogen-bond acceptors (Lipinski definition) is 1. The Hall–Kier alpha value is -1.16. The van der Waals surface area contributed by atoms with Gasteiger partial charge in [0.15, 0.2) is 0 Å². The number of carbonyl (C=O) groups is 1. The first-order valence-corrected chi connectivity index (χ1v) is 5.83. The maximum absolute atomic E-state index is 13.4. The topological polar surface area (TPSA) is 37.3 Å². The predicted octanol–water partition coefficient (Wildman–Crippen LogP) is 3.54. The molecule has 0 saturated carbocycles. The summed E-state index contributed by atoms with van der Waals surface area (Å²) in [5, 5.41) is 9.03. The van der Waals surface area contributed by atoms with Crippen molar-refractivity contribution < 1.29 is 18.7 Å². The van der Waals surface area contributed by atoms with E-state index in [-0.39, 0.29) is 5.56 Å². The number of rotatable bonds is 6. The van der Waals surface area contributed by atoms with Crippen LogP contribution in [0.3, 0.4) is 0 Å². The Kier molecular flexibility index (Phi) is 5.35. The first-order chi connectivity index (χ1) is 8.06. The molecule has 1 atom stereocenters. The molecule has 2 nitrogen and oxygen atoms in total. The zero-order chi connectivity index (χ0) is 12.8. The van der Waals surface area contributed by atoms with Crippen molar-refractivity contribution in [1.82, 2.24) is 0 Å². The van der Waals surface area contributed by atoms with E-state index in [0.717, 1.165) is 6.07 Å². The van der Waals surface area contributed by atoms with E-state index in [9.17, 15) is 13.6 Å². The number of carboxylic acids is 1. The number of hydrogen-bond donors (Lipinski definition) is 1. The molecule has 0 aromatic heterocycles.